The van der Waals surface area contributed by atoms with Crippen molar-refractivity contribution in [3.8, 4) is 5.75 Å². The van der Waals surface area contributed by atoms with E-state index in [1.165, 1.54) is 6.42 Å². The van der Waals surface area contributed by atoms with Crippen LogP contribution < -0.4 is 4.74 Å². The Balaban J connectivity index is 0.000000431. The minimum absolute atomic E-state index is 0.178. The van der Waals surface area contributed by atoms with Crippen molar-refractivity contribution in [3.63, 3.8) is 0 Å². The molecule has 0 radical (unpaired) electrons. The molecule has 29 heavy (non-hydrogen) atoms. The van der Waals surface area contributed by atoms with Gasteiger partial charge in [0.1, 0.15) is 5.75 Å². The van der Waals surface area contributed by atoms with E-state index in [4.69, 9.17) is 22.3 Å². The van der Waals surface area contributed by atoms with E-state index in [2.05, 4.69) is 22.5 Å². The van der Waals surface area contributed by atoms with Gasteiger partial charge in [-0.3, -0.25) is 19.0 Å². The molecule has 4 heterocycles. The van der Waals surface area contributed by atoms with E-state index >= 15 is 0 Å². The average Bonchev–Trinajstić information content (AvgIpc) is 2.71. The maximum absolute atomic E-state index is 11.2. The van der Waals surface area contributed by atoms with Gasteiger partial charge in [0.25, 0.3) is 0 Å². The van der Waals surface area contributed by atoms with Gasteiger partial charge in [-0.25, -0.2) is 0 Å². The van der Waals surface area contributed by atoms with Crippen LogP contribution in [0.25, 0.3) is 10.9 Å². The van der Waals surface area contributed by atoms with Crippen LogP contribution in [0.4, 0.5) is 0 Å². The van der Waals surface area contributed by atoms with E-state index < -0.39 is 16.5 Å². The molecule has 8 nitrogen and oxygen atoms in total. The van der Waals surface area contributed by atoms with E-state index in [1.807, 2.05) is 24.3 Å². The minimum atomic E-state index is -4.67. The Bertz CT molecular complexity index is 972. The predicted molar refractivity (Wildman–Crippen MR) is 109 cm³/mol. The number of aliphatic hydroxyl groups excluding tert-OH is 1. The second-order valence-corrected chi connectivity index (χ2v) is 8.32. The smallest absolute Gasteiger partial charge is 0.394 e. The molecule has 4 unspecified atom stereocenters. The van der Waals surface area contributed by atoms with Crippen LogP contribution in [-0.4, -0.2) is 58.8 Å². The molecule has 3 fully saturated rings. The molecule has 1 aromatic heterocycles. The highest BCUT2D eigenvalue weighted by atomic mass is 32.3. The van der Waals surface area contributed by atoms with Crippen LogP contribution in [0.1, 0.15) is 24.5 Å². The normalized spacial score (nSPS) is 27.0. The van der Waals surface area contributed by atoms with E-state index in [-0.39, 0.29) is 6.04 Å². The molecule has 0 aliphatic carbocycles. The lowest BCUT2D eigenvalue weighted by Crippen LogP contribution is -2.54. The molecular weight excluding hydrogens is 396 g/mol. The SMILES string of the molecule is C=CC1CN2CCC1CC2[C@@H](O)c1ccnc2ccc(OC)cc12.O=S(=O)(O)O. The largest absolute Gasteiger partial charge is 0.497 e. The van der Waals surface area contributed by atoms with Gasteiger partial charge < -0.3 is 9.84 Å². The second kappa shape index (κ2) is 8.76. The van der Waals surface area contributed by atoms with Crippen molar-refractivity contribution in [2.24, 2.45) is 11.8 Å². The molecule has 2 bridgehead atoms. The van der Waals surface area contributed by atoms with Crippen molar-refractivity contribution in [1.29, 1.82) is 0 Å². The Kier molecular flexibility index (Phi) is 6.55. The van der Waals surface area contributed by atoms with Crippen LogP contribution in [0.15, 0.2) is 43.1 Å². The first-order valence-electron chi connectivity index (χ1n) is 9.38. The molecule has 0 saturated carbocycles. The third-order valence-electron chi connectivity index (χ3n) is 5.82. The predicted octanol–water partition coefficient (Wildman–Crippen LogP) is 2.52. The number of benzene rings is 1. The number of rotatable bonds is 4. The van der Waals surface area contributed by atoms with Crippen molar-refractivity contribution in [1.82, 2.24) is 9.88 Å². The highest BCUT2D eigenvalue weighted by Crippen LogP contribution is 2.42. The fraction of sp³-hybridized carbons (Fsp3) is 0.450. The molecule has 9 heteroatoms. The number of hydrogen-bond acceptors (Lipinski definition) is 6. The van der Waals surface area contributed by atoms with Crippen LogP contribution >= 0.6 is 0 Å². The summed E-state index contributed by atoms with van der Waals surface area (Å²) in [5.74, 6) is 2.01. The van der Waals surface area contributed by atoms with Gasteiger partial charge in [0.05, 0.1) is 18.7 Å². The quantitative estimate of drug-likeness (QED) is 0.508. The molecular formula is C20H26N2O6S. The highest BCUT2D eigenvalue weighted by Gasteiger charge is 2.42. The van der Waals surface area contributed by atoms with Crippen molar-refractivity contribution in [3.05, 3.63) is 48.7 Å². The summed E-state index contributed by atoms with van der Waals surface area (Å²) < 4.78 is 36.9. The average molecular weight is 423 g/mol. The van der Waals surface area contributed by atoms with Gasteiger partial charge in [-0.1, -0.05) is 6.08 Å². The zero-order chi connectivity index (χ0) is 21.2. The summed E-state index contributed by atoms with van der Waals surface area (Å²) in [6.45, 7) is 6.07. The van der Waals surface area contributed by atoms with Gasteiger partial charge in [-0.05, 0) is 61.1 Å². The number of aromatic nitrogens is 1. The number of ether oxygens (including phenoxy) is 1. The maximum atomic E-state index is 11.2. The number of methoxy groups -OCH3 is 1. The minimum Gasteiger partial charge on any atom is -0.497 e. The zero-order valence-electron chi connectivity index (χ0n) is 16.2. The standard InChI is InChI=1S/C20H24N2O2.H2O4S/c1-3-13-12-22-9-7-14(13)10-19(22)20(23)16-6-8-21-18-5-4-15(24-2)11-17(16)18;1-5(2,3)4/h3-6,8,11,13-14,19-20,23H,1,7,9-10,12H2,2H3;(H2,1,2,3,4)/t13?,14?,19?,20-;/m0./s1. The van der Waals surface area contributed by atoms with Crippen molar-refractivity contribution in [2.45, 2.75) is 25.0 Å². The molecule has 3 saturated heterocycles. The van der Waals surface area contributed by atoms with Gasteiger partial charge in [0.2, 0.25) is 0 Å². The topological polar surface area (TPSA) is 120 Å². The molecule has 1 aromatic carbocycles. The summed E-state index contributed by atoms with van der Waals surface area (Å²) in [4.78, 5) is 6.86. The van der Waals surface area contributed by atoms with Gasteiger partial charge in [0.15, 0.2) is 0 Å². The molecule has 2 aromatic rings. The molecule has 5 rings (SSSR count). The zero-order valence-corrected chi connectivity index (χ0v) is 17.0. The summed E-state index contributed by atoms with van der Waals surface area (Å²) in [5, 5.41) is 12.1. The van der Waals surface area contributed by atoms with Crippen molar-refractivity contribution in [2.75, 3.05) is 20.2 Å². The van der Waals surface area contributed by atoms with Crippen LogP contribution in [0, 0.1) is 11.8 Å². The third-order valence-corrected chi connectivity index (χ3v) is 5.82. The Morgan fingerprint density at radius 1 is 1.34 bits per heavy atom. The van der Waals surface area contributed by atoms with E-state index in [9.17, 15) is 5.11 Å². The Labute approximate surface area is 170 Å². The summed E-state index contributed by atoms with van der Waals surface area (Å²) in [5.41, 5.74) is 1.85. The van der Waals surface area contributed by atoms with Crippen LogP contribution in [0.3, 0.4) is 0 Å². The van der Waals surface area contributed by atoms with Crippen molar-refractivity contribution >= 4 is 21.3 Å². The lowest BCUT2D eigenvalue weighted by Gasteiger charge is -2.50. The first kappa shape index (κ1) is 21.7. The van der Waals surface area contributed by atoms with Crippen LogP contribution in [0.2, 0.25) is 0 Å². The number of aliphatic hydroxyl groups is 1. The Hall–Kier alpha value is -2.04. The summed E-state index contributed by atoms with van der Waals surface area (Å²) in [6, 6.07) is 7.96. The molecule has 5 atom stereocenters. The lowest BCUT2D eigenvalue weighted by atomic mass is 9.73. The maximum Gasteiger partial charge on any atom is 0.394 e. The molecule has 3 aliphatic heterocycles. The fourth-order valence-electron chi connectivity index (χ4n) is 4.44. The fourth-order valence-corrected chi connectivity index (χ4v) is 4.44. The van der Waals surface area contributed by atoms with E-state index in [0.29, 0.717) is 11.8 Å². The molecule has 3 N–H and O–H groups in total. The van der Waals surface area contributed by atoms with Gasteiger partial charge in [-0.15, -0.1) is 6.58 Å². The number of pyridine rings is 1. The Morgan fingerprint density at radius 2 is 2.07 bits per heavy atom. The summed E-state index contributed by atoms with van der Waals surface area (Å²) in [6.07, 6.45) is 5.62. The highest BCUT2D eigenvalue weighted by molar-refractivity contribution is 7.79. The third kappa shape index (κ3) is 5.12. The lowest BCUT2D eigenvalue weighted by molar-refractivity contribution is -0.0444. The van der Waals surface area contributed by atoms with E-state index in [0.717, 1.165) is 41.7 Å². The molecule has 3 aliphatic rings. The first-order chi connectivity index (χ1) is 13.7. The van der Waals surface area contributed by atoms with Gasteiger partial charge >= 0.3 is 10.4 Å². The van der Waals surface area contributed by atoms with Crippen LogP contribution in [-0.2, 0) is 10.4 Å². The first-order valence-corrected chi connectivity index (χ1v) is 10.8. The molecule has 0 amide bonds. The van der Waals surface area contributed by atoms with Crippen molar-refractivity contribution < 1.29 is 27.4 Å². The second-order valence-electron chi connectivity index (χ2n) is 7.42. The molecule has 158 valence electrons. The van der Waals surface area contributed by atoms with E-state index in [1.54, 1.807) is 13.3 Å². The van der Waals surface area contributed by atoms with Gasteiger partial charge in [-0.2, -0.15) is 8.42 Å². The number of fused-ring (bicyclic) bond motifs is 4. The Morgan fingerprint density at radius 3 is 2.66 bits per heavy atom. The number of nitrogens with zero attached hydrogens (tertiary/aromatic N) is 2. The molecule has 0 spiro atoms. The number of piperidine rings is 3. The summed E-state index contributed by atoms with van der Waals surface area (Å²) in [7, 11) is -3.01. The van der Waals surface area contributed by atoms with Crippen LogP contribution in [0.5, 0.6) is 5.75 Å². The number of hydrogen-bond donors (Lipinski definition) is 3. The monoisotopic (exact) mass is 422 g/mol. The summed E-state index contributed by atoms with van der Waals surface area (Å²) >= 11 is 0. The van der Waals surface area contributed by atoms with Gasteiger partial charge in [0, 0.05) is 24.2 Å².